The van der Waals surface area contributed by atoms with Crippen molar-refractivity contribution >= 4 is 42.2 Å². The maximum Gasteiger partial charge on any atom is 0.261 e. The van der Waals surface area contributed by atoms with E-state index in [0.717, 1.165) is 21.9 Å². The first-order valence-corrected chi connectivity index (χ1v) is 12.8. The van der Waals surface area contributed by atoms with E-state index in [1.54, 1.807) is 18.2 Å². The molecule has 0 saturated carbocycles. The molecule has 0 aliphatic carbocycles. The highest BCUT2D eigenvalue weighted by atomic mass is 32.2. The van der Waals surface area contributed by atoms with Gasteiger partial charge < -0.3 is 0 Å². The minimum absolute atomic E-state index is 0.0343. The van der Waals surface area contributed by atoms with Gasteiger partial charge in [-0.15, -0.1) is 0 Å². The zero-order chi connectivity index (χ0) is 22.9. The zero-order valence-electron chi connectivity index (χ0n) is 17.5. The summed E-state index contributed by atoms with van der Waals surface area (Å²) in [5.74, 6) is 0. The van der Waals surface area contributed by atoms with E-state index in [4.69, 9.17) is 0 Å². The van der Waals surface area contributed by atoms with Gasteiger partial charge in [-0.3, -0.25) is 9.44 Å². The summed E-state index contributed by atoms with van der Waals surface area (Å²) in [7, 11) is -7.64. The highest BCUT2D eigenvalue weighted by molar-refractivity contribution is 7.93. The Hall–Kier alpha value is -3.36. The second kappa shape index (κ2) is 8.29. The number of rotatable bonds is 6. The van der Waals surface area contributed by atoms with Crippen molar-refractivity contribution in [1.29, 1.82) is 0 Å². The molecule has 0 atom stereocenters. The predicted molar refractivity (Wildman–Crippen MR) is 128 cm³/mol. The molecular weight excluding hydrogens is 444 g/mol. The molecule has 0 saturated heterocycles. The van der Waals surface area contributed by atoms with Crippen molar-refractivity contribution in [2.24, 2.45) is 0 Å². The van der Waals surface area contributed by atoms with E-state index in [0.29, 0.717) is 5.69 Å². The maximum atomic E-state index is 12.8. The Morgan fingerprint density at radius 3 is 1.94 bits per heavy atom. The molecule has 0 fully saturated rings. The number of hydrogen-bond donors (Lipinski definition) is 2. The molecule has 8 heteroatoms. The summed E-state index contributed by atoms with van der Waals surface area (Å²) in [6.07, 6.45) is 0. The number of anilines is 2. The quantitative estimate of drug-likeness (QED) is 0.416. The summed E-state index contributed by atoms with van der Waals surface area (Å²) in [6, 6.07) is 23.5. The van der Waals surface area contributed by atoms with E-state index in [9.17, 15) is 16.8 Å². The molecule has 32 heavy (non-hydrogen) atoms. The van der Waals surface area contributed by atoms with Crippen LogP contribution in [0.5, 0.6) is 0 Å². The summed E-state index contributed by atoms with van der Waals surface area (Å²) < 4.78 is 56.2. The van der Waals surface area contributed by atoms with E-state index in [1.165, 1.54) is 30.3 Å². The first-order valence-electron chi connectivity index (χ1n) is 9.86. The summed E-state index contributed by atoms with van der Waals surface area (Å²) in [5, 5.41) is 1.76. The maximum absolute atomic E-state index is 12.8. The number of benzene rings is 4. The fourth-order valence-electron chi connectivity index (χ4n) is 3.30. The molecule has 4 rings (SSSR count). The highest BCUT2D eigenvalue weighted by Gasteiger charge is 2.18. The first kappa shape index (κ1) is 21.9. The molecule has 4 aromatic rings. The fraction of sp³-hybridized carbons (Fsp3) is 0.0833. The Balaban J connectivity index is 1.55. The second-order valence-electron chi connectivity index (χ2n) is 7.56. The van der Waals surface area contributed by atoms with Gasteiger partial charge in [-0.05, 0) is 78.2 Å². The van der Waals surface area contributed by atoms with E-state index >= 15 is 0 Å². The van der Waals surface area contributed by atoms with Gasteiger partial charge in [-0.25, -0.2) is 16.8 Å². The molecule has 0 spiro atoms. The van der Waals surface area contributed by atoms with E-state index in [2.05, 4.69) is 9.44 Å². The highest BCUT2D eigenvalue weighted by Crippen LogP contribution is 2.24. The van der Waals surface area contributed by atoms with Gasteiger partial charge >= 0.3 is 0 Å². The minimum Gasteiger partial charge on any atom is -0.280 e. The van der Waals surface area contributed by atoms with Crippen LogP contribution in [-0.4, -0.2) is 16.8 Å². The van der Waals surface area contributed by atoms with Crippen molar-refractivity contribution in [1.82, 2.24) is 0 Å². The van der Waals surface area contributed by atoms with Crippen LogP contribution >= 0.6 is 0 Å². The van der Waals surface area contributed by atoms with E-state index < -0.39 is 20.0 Å². The molecule has 0 bridgehead atoms. The molecule has 4 aromatic carbocycles. The van der Waals surface area contributed by atoms with Crippen LogP contribution in [0.3, 0.4) is 0 Å². The van der Waals surface area contributed by atoms with Crippen LogP contribution in [0.1, 0.15) is 11.1 Å². The Bertz CT molecular complexity index is 1510. The van der Waals surface area contributed by atoms with Gasteiger partial charge in [0.25, 0.3) is 20.0 Å². The third-order valence-corrected chi connectivity index (χ3v) is 7.85. The first-order chi connectivity index (χ1) is 15.1. The molecule has 0 aliphatic heterocycles. The van der Waals surface area contributed by atoms with Gasteiger partial charge in [0.15, 0.2) is 0 Å². The Kier molecular flexibility index (Phi) is 5.66. The number of nitrogens with one attached hydrogen (secondary N) is 2. The van der Waals surface area contributed by atoms with Gasteiger partial charge in [0.05, 0.1) is 15.5 Å². The molecule has 0 heterocycles. The van der Waals surface area contributed by atoms with Crippen LogP contribution in [-0.2, 0) is 20.0 Å². The van der Waals surface area contributed by atoms with Gasteiger partial charge in [-0.2, -0.15) is 0 Å². The van der Waals surface area contributed by atoms with Gasteiger partial charge in [0, 0.05) is 5.69 Å². The average molecular weight is 467 g/mol. The second-order valence-corrected chi connectivity index (χ2v) is 10.9. The zero-order valence-corrected chi connectivity index (χ0v) is 19.2. The number of hydrogen-bond acceptors (Lipinski definition) is 4. The molecule has 2 N–H and O–H groups in total. The van der Waals surface area contributed by atoms with Gasteiger partial charge in [0.2, 0.25) is 0 Å². The Morgan fingerprint density at radius 1 is 0.594 bits per heavy atom. The van der Waals surface area contributed by atoms with Crippen LogP contribution in [0.15, 0.2) is 94.7 Å². The van der Waals surface area contributed by atoms with Crippen LogP contribution < -0.4 is 9.44 Å². The van der Waals surface area contributed by atoms with Crippen LogP contribution in [0.4, 0.5) is 11.4 Å². The van der Waals surface area contributed by atoms with Gasteiger partial charge in [0.1, 0.15) is 0 Å². The average Bonchev–Trinajstić information content (AvgIpc) is 2.76. The van der Waals surface area contributed by atoms with Crippen molar-refractivity contribution in [3.63, 3.8) is 0 Å². The van der Waals surface area contributed by atoms with Crippen molar-refractivity contribution in [2.45, 2.75) is 23.6 Å². The number of aryl methyl sites for hydroxylation is 2. The van der Waals surface area contributed by atoms with E-state index in [-0.39, 0.29) is 15.5 Å². The number of sulfonamides is 2. The standard InChI is InChI=1S/C24H22N2O4S2/c1-17-7-8-18(2)24(15-17)26-31(27,28)22-13-10-21(11-14-22)25-32(29,30)23-12-9-19-5-3-4-6-20(19)16-23/h3-16,25-26H,1-2H3. The van der Waals surface area contributed by atoms with Crippen molar-refractivity contribution in [2.75, 3.05) is 9.44 Å². The predicted octanol–water partition coefficient (Wildman–Crippen LogP) is 5.06. The third-order valence-electron chi connectivity index (χ3n) is 5.09. The summed E-state index contributed by atoms with van der Waals surface area (Å²) in [5.41, 5.74) is 2.51. The van der Waals surface area contributed by atoms with Crippen molar-refractivity contribution in [3.05, 3.63) is 96.1 Å². The lowest BCUT2D eigenvalue weighted by Gasteiger charge is -2.12. The Morgan fingerprint density at radius 2 is 1.22 bits per heavy atom. The number of fused-ring (bicyclic) bond motifs is 1. The van der Waals surface area contributed by atoms with Crippen LogP contribution in [0, 0.1) is 13.8 Å². The third kappa shape index (κ3) is 4.61. The lowest BCUT2D eigenvalue weighted by molar-refractivity contribution is 0.600. The molecule has 0 unspecified atom stereocenters. The van der Waals surface area contributed by atoms with Crippen LogP contribution in [0.25, 0.3) is 10.8 Å². The lowest BCUT2D eigenvalue weighted by atomic mass is 10.1. The van der Waals surface area contributed by atoms with Crippen molar-refractivity contribution < 1.29 is 16.8 Å². The van der Waals surface area contributed by atoms with E-state index in [1.807, 2.05) is 50.2 Å². The molecule has 0 aromatic heterocycles. The smallest absolute Gasteiger partial charge is 0.261 e. The lowest BCUT2D eigenvalue weighted by Crippen LogP contribution is -2.15. The largest absolute Gasteiger partial charge is 0.280 e. The molecule has 164 valence electrons. The Labute approximate surface area is 188 Å². The SMILES string of the molecule is Cc1ccc(C)c(NS(=O)(=O)c2ccc(NS(=O)(=O)c3ccc4ccccc4c3)cc2)c1. The summed E-state index contributed by atoms with van der Waals surface area (Å²) in [6.45, 7) is 3.70. The molecule has 0 radical (unpaired) electrons. The normalized spacial score (nSPS) is 11.9. The van der Waals surface area contributed by atoms with Crippen molar-refractivity contribution in [3.8, 4) is 0 Å². The van der Waals surface area contributed by atoms with Crippen LogP contribution in [0.2, 0.25) is 0 Å². The topological polar surface area (TPSA) is 92.3 Å². The minimum atomic E-state index is -3.83. The fourth-order valence-corrected chi connectivity index (χ4v) is 5.52. The molecular formula is C24H22N2O4S2. The molecule has 0 amide bonds. The monoisotopic (exact) mass is 466 g/mol. The molecule has 0 aliphatic rings. The summed E-state index contributed by atoms with van der Waals surface area (Å²) >= 11 is 0. The summed E-state index contributed by atoms with van der Waals surface area (Å²) in [4.78, 5) is 0.163. The van der Waals surface area contributed by atoms with Gasteiger partial charge in [-0.1, -0.05) is 42.5 Å². The molecule has 6 nitrogen and oxygen atoms in total.